The molecule has 12 aromatic carbocycles. The van der Waals surface area contributed by atoms with Gasteiger partial charge in [-0.25, -0.2) is 0 Å². The van der Waals surface area contributed by atoms with Crippen LogP contribution in [0.5, 0.6) is 0 Å². The summed E-state index contributed by atoms with van der Waals surface area (Å²) in [5.41, 5.74) is 26.5. The van der Waals surface area contributed by atoms with Crippen molar-refractivity contribution < 1.29 is 4.42 Å². The molecule has 19 aromatic rings. The van der Waals surface area contributed by atoms with E-state index in [9.17, 15) is 0 Å². The van der Waals surface area contributed by atoms with Crippen LogP contribution in [0.25, 0.3) is 184 Å². The van der Waals surface area contributed by atoms with E-state index in [1.165, 1.54) is 65.4 Å². The smallest absolute Gasteiger partial charge is 0.307 e. The van der Waals surface area contributed by atoms with Gasteiger partial charge in [-0.1, -0.05) is 200 Å². The first-order valence-electron chi connectivity index (χ1n) is 37.8. The predicted octanol–water partition coefficient (Wildman–Crippen LogP) is 21.6. The number of pyridine rings is 1. The minimum absolute atomic E-state index is 0.0420. The highest BCUT2D eigenvalue weighted by molar-refractivity contribution is 8.14. The van der Waals surface area contributed by atoms with Gasteiger partial charge >= 0.3 is 5.84 Å². The second-order valence-corrected chi connectivity index (χ2v) is 30.4. The second kappa shape index (κ2) is 24.4. The molecule has 3 fully saturated rings. The van der Waals surface area contributed by atoms with Gasteiger partial charge in [0.15, 0.2) is 10.8 Å². The van der Waals surface area contributed by atoms with Crippen molar-refractivity contribution in [1.29, 1.82) is 0 Å². The van der Waals surface area contributed by atoms with Gasteiger partial charge in [0.05, 0.1) is 89.9 Å². The molecule has 4 aliphatic rings. The third-order valence-electron chi connectivity index (χ3n) is 23.6. The molecule has 0 radical (unpaired) electrons. The fraction of sp³-hybridized carbons (Fsp3) is 0.105. The van der Waals surface area contributed by atoms with Gasteiger partial charge in [-0.2, -0.15) is 4.98 Å². The average Bonchev–Trinajstić information content (AvgIpc) is 1.59. The molecule has 522 valence electrons. The van der Waals surface area contributed by atoms with Gasteiger partial charge in [-0.05, 0) is 163 Å². The van der Waals surface area contributed by atoms with Gasteiger partial charge in [0.2, 0.25) is 0 Å². The molecule has 0 amide bonds. The van der Waals surface area contributed by atoms with Crippen molar-refractivity contribution in [3.63, 3.8) is 0 Å². The summed E-state index contributed by atoms with van der Waals surface area (Å²) < 4.78 is 18.6. The number of oxazole rings is 1. The predicted molar refractivity (Wildman–Crippen MR) is 450 cm³/mol. The van der Waals surface area contributed by atoms with Crippen molar-refractivity contribution in [3.05, 3.63) is 309 Å². The SMILES string of the molecule is C=Cc1nc2oc3c(-c4ccccc4-c4ccccc4-n4c5ccccc5c5cc(-n6c7ccccc7c7cc(-c8ccc(-c9ccccc9C9NCNC%10C9SC9=NC%11CCCNC%11N9%10)c(-n9c%10ccccc%10c%10cc(-n%11c%12ccccc%12c%12ccccc%12%11)ccc%109)c8)ccc76)ccc54)nccc3n2c1/C=C\C. The van der Waals surface area contributed by atoms with E-state index in [0.29, 0.717) is 24.1 Å². The summed E-state index contributed by atoms with van der Waals surface area (Å²) in [7, 11) is 0. The summed E-state index contributed by atoms with van der Waals surface area (Å²) in [6.07, 6.45) is 10.3. The number of aromatic nitrogens is 7. The van der Waals surface area contributed by atoms with Crippen LogP contribution in [0.15, 0.2) is 301 Å². The quantitative estimate of drug-likeness (QED) is 0.117. The minimum Gasteiger partial charge on any atom is -0.421 e. The molecule has 3 N–H and O–H groups in total. The van der Waals surface area contributed by atoms with Crippen molar-refractivity contribution in [2.45, 2.75) is 49.4 Å². The Morgan fingerprint density at radius 2 is 1.00 bits per heavy atom. The Kier molecular flexibility index (Phi) is 13.9. The number of rotatable bonds is 11. The Bertz CT molecular complexity index is 7080. The fourth-order valence-electron chi connectivity index (χ4n) is 19.0. The number of aliphatic imine (C=N–C) groups is 1. The summed E-state index contributed by atoms with van der Waals surface area (Å²) in [5.74, 6) is 0.496. The van der Waals surface area contributed by atoms with Crippen LogP contribution < -0.4 is 16.0 Å². The lowest BCUT2D eigenvalue weighted by molar-refractivity contribution is 0.131. The number of allylic oxidation sites excluding steroid dienone is 1. The van der Waals surface area contributed by atoms with Crippen molar-refractivity contribution in [1.82, 2.24) is 53.5 Å². The number of nitrogens with one attached hydrogen (secondary N) is 3. The molecule has 7 aromatic heterocycles. The molecule has 5 atom stereocenters. The van der Waals surface area contributed by atoms with E-state index in [4.69, 9.17) is 19.4 Å². The summed E-state index contributed by atoms with van der Waals surface area (Å²) in [6.45, 7) is 7.77. The van der Waals surface area contributed by atoms with Crippen molar-refractivity contribution in [2.24, 2.45) is 4.99 Å². The highest BCUT2D eigenvalue weighted by atomic mass is 32.2. The first kappa shape index (κ1) is 62.4. The van der Waals surface area contributed by atoms with Crippen LogP contribution in [-0.4, -0.2) is 79.5 Å². The number of fused-ring (bicyclic) bond motifs is 20. The van der Waals surface area contributed by atoms with E-state index in [0.717, 1.165) is 136 Å². The Hall–Kier alpha value is -12.8. The van der Waals surface area contributed by atoms with Gasteiger partial charge in [-0.3, -0.25) is 30.3 Å². The van der Waals surface area contributed by atoms with Gasteiger partial charge in [-0.15, -0.1) is 0 Å². The second-order valence-electron chi connectivity index (χ2n) is 29.3. The highest BCUT2D eigenvalue weighted by Gasteiger charge is 2.53. The topological polar surface area (TPSA) is 115 Å². The molecule has 0 saturated carbocycles. The van der Waals surface area contributed by atoms with Crippen molar-refractivity contribution in [3.8, 4) is 67.4 Å². The van der Waals surface area contributed by atoms with Gasteiger partial charge in [0, 0.05) is 90.1 Å². The summed E-state index contributed by atoms with van der Waals surface area (Å²) in [6, 6.07) is 102. The number of imidazole rings is 1. The maximum absolute atomic E-state index is 6.66. The third kappa shape index (κ3) is 9.23. The van der Waals surface area contributed by atoms with Crippen LogP contribution in [0.3, 0.4) is 0 Å². The zero-order chi connectivity index (χ0) is 71.7. The maximum Gasteiger partial charge on any atom is 0.307 e. The van der Waals surface area contributed by atoms with E-state index in [2.05, 4.69) is 317 Å². The molecular weight excluding hydrogens is 1360 g/mol. The van der Waals surface area contributed by atoms with E-state index in [1.807, 2.05) is 43.1 Å². The van der Waals surface area contributed by atoms with Crippen molar-refractivity contribution in [2.75, 3.05) is 13.2 Å². The normalized spacial score (nSPS) is 18.0. The van der Waals surface area contributed by atoms with Crippen LogP contribution in [-0.2, 0) is 0 Å². The van der Waals surface area contributed by atoms with Crippen LogP contribution in [0, 0.1) is 0 Å². The van der Waals surface area contributed by atoms with E-state index < -0.39 is 0 Å². The summed E-state index contributed by atoms with van der Waals surface area (Å²) in [5, 5.41) is 22.7. The molecule has 0 spiro atoms. The molecular formula is C95H70N12OS. The number of benzene rings is 12. The Morgan fingerprint density at radius 1 is 0.468 bits per heavy atom. The zero-order valence-electron chi connectivity index (χ0n) is 59.6. The first-order valence-corrected chi connectivity index (χ1v) is 38.7. The van der Waals surface area contributed by atoms with Gasteiger partial charge < -0.3 is 27.6 Å². The van der Waals surface area contributed by atoms with Crippen LogP contribution >= 0.6 is 11.8 Å². The number of hydrogen-bond donors (Lipinski definition) is 3. The number of thioether (sulfide) groups is 1. The molecule has 11 heterocycles. The largest absolute Gasteiger partial charge is 0.421 e. The Balaban J connectivity index is 0.669. The molecule has 14 heteroatoms. The monoisotopic (exact) mass is 1430 g/mol. The molecule has 4 aliphatic heterocycles. The maximum atomic E-state index is 6.66. The molecule has 109 heavy (non-hydrogen) atoms. The summed E-state index contributed by atoms with van der Waals surface area (Å²) in [4.78, 5) is 17.8. The van der Waals surface area contributed by atoms with E-state index in [1.54, 1.807) is 6.08 Å². The average molecular weight is 1430 g/mol. The van der Waals surface area contributed by atoms with Gasteiger partial charge in [0.1, 0.15) is 11.9 Å². The fourth-order valence-corrected chi connectivity index (χ4v) is 20.5. The first-order chi connectivity index (χ1) is 54.0. The third-order valence-corrected chi connectivity index (χ3v) is 24.9. The molecule has 3 saturated heterocycles. The van der Waals surface area contributed by atoms with Crippen LogP contribution in [0.4, 0.5) is 0 Å². The van der Waals surface area contributed by atoms with E-state index >= 15 is 0 Å². The number of para-hydroxylation sites is 6. The lowest BCUT2D eigenvalue weighted by Crippen LogP contribution is -2.63. The number of piperidine rings is 1. The summed E-state index contributed by atoms with van der Waals surface area (Å²) >= 11 is 1.94. The number of hydrogen-bond acceptors (Lipinski definition) is 9. The molecule has 5 unspecified atom stereocenters. The Morgan fingerprint density at radius 3 is 1.67 bits per heavy atom. The Labute approximate surface area is 631 Å². The standard InChI is InChI=1S/C95H70N12OS/c1-3-22-85-74(4-2)100-94-106(85)86-48-50-96-88(90(86)108-94)69-31-7-5-23-60(69)62-25-9-18-37-79(62)104-80-38-19-13-29-66(80)72-54-59(42-46-83(72)104)103-78-36-17-12-28-65(78)71-51-56(41-45-82(71)103)57-40-44-68(61-24-6-8-32-70(61)89-91-93(99-55-98-89)107-92-75(33-21-49-97-92)101-95(107)109-91)87(52-57)105-81-39-20-14-30-67(81)73-53-58(43-47-84(73)105)102-76-34-15-10-26-63(76)64-27-11-16-35-77(64)102/h3-20,22-32,34-48,50-54,75,89,91-93,97-99H,2,21,33,49,55H2,1H3/b22-3-. The van der Waals surface area contributed by atoms with Crippen LogP contribution in [0.2, 0.25) is 0 Å². The highest BCUT2D eigenvalue weighted by Crippen LogP contribution is 2.50. The number of amidine groups is 1. The molecule has 13 nitrogen and oxygen atoms in total. The van der Waals surface area contributed by atoms with E-state index in [-0.39, 0.29) is 23.6 Å². The minimum atomic E-state index is 0.0420. The lowest BCUT2D eigenvalue weighted by Gasteiger charge is -2.42. The molecule has 23 rings (SSSR count). The van der Waals surface area contributed by atoms with Gasteiger partial charge in [0.25, 0.3) is 0 Å². The zero-order valence-corrected chi connectivity index (χ0v) is 60.4. The van der Waals surface area contributed by atoms with Crippen molar-refractivity contribution >= 4 is 133 Å². The van der Waals surface area contributed by atoms with Crippen LogP contribution in [0.1, 0.15) is 42.8 Å². The lowest BCUT2D eigenvalue weighted by atomic mass is 9.89. The molecule has 0 bridgehead atoms. The number of nitrogens with zero attached hydrogens (tertiary/aromatic N) is 9. The molecule has 0 aliphatic carbocycles.